The van der Waals surface area contributed by atoms with E-state index in [1.807, 2.05) is 0 Å². The van der Waals surface area contributed by atoms with E-state index in [9.17, 15) is 19.3 Å². The topological polar surface area (TPSA) is 80.4 Å². The molecule has 0 aromatic heterocycles. The highest BCUT2D eigenvalue weighted by molar-refractivity contribution is 7.99. The number of nitro benzene ring substituents is 1. The fraction of sp³-hybridized carbons (Fsp3) is 0. The first-order chi connectivity index (χ1) is 9.88. The molecule has 1 N–H and O–H groups in total. The summed E-state index contributed by atoms with van der Waals surface area (Å²) < 4.78 is 13.2. The number of halogens is 2. The van der Waals surface area contributed by atoms with E-state index in [0.29, 0.717) is 4.90 Å². The van der Waals surface area contributed by atoms with Gasteiger partial charge in [-0.25, -0.2) is 9.18 Å². The molecule has 0 saturated heterocycles. The van der Waals surface area contributed by atoms with Crippen molar-refractivity contribution < 1.29 is 19.2 Å². The van der Waals surface area contributed by atoms with Gasteiger partial charge in [0, 0.05) is 11.0 Å². The Kier molecular flexibility index (Phi) is 4.44. The highest BCUT2D eigenvalue weighted by Crippen LogP contribution is 2.36. The molecule has 0 heterocycles. The molecule has 0 unspecified atom stereocenters. The van der Waals surface area contributed by atoms with Crippen LogP contribution < -0.4 is 0 Å². The van der Waals surface area contributed by atoms with Crippen LogP contribution in [-0.4, -0.2) is 16.0 Å². The predicted octanol–water partition coefficient (Wildman–Crippen LogP) is 4.24. The van der Waals surface area contributed by atoms with E-state index in [1.54, 1.807) is 0 Å². The average Bonchev–Trinajstić information content (AvgIpc) is 2.40. The van der Waals surface area contributed by atoms with Crippen LogP contribution >= 0.6 is 23.4 Å². The Balaban J connectivity index is 2.43. The minimum absolute atomic E-state index is 0.0561. The third-order valence-corrected chi connectivity index (χ3v) is 3.88. The molecule has 0 aliphatic heterocycles. The molecule has 0 saturated carbocycles. The largest absolute Gasteiger partial charge is 0.478 e. The van der Waals surface area contributed by atoms with Gasteiger partial charge in [0.25, 0.3) is 5.69 Å². The van der Waals surface area contributed by atoms with Crippen molar-refractivity contribution in [2.75, 3.05) is 0 Å². The van der Waals surface area contributed by atoms with E-state index in [4.69, 9.17) is 16.7 Å². The molecule has 0 aliphatic rings. The first-order valence-electron chi connectivity index (χ1n) is 5.53. The van der Waals surface area contributed by atoms with Crippen molar-refractivity contribution in [3.05, 3.63) is 62.9 Å². The summed E-state index contributed by atoms with van der Waals surface area (Å²) in [5.41, 5.74) is -0.381. The highest BCUT2D eigenvalue weighted by Gasteiger charge is 2.17. The molecule has 0 aliphatic carbocycles. The lowest BCUT2D eigenvalue weighted by atomic mass is 10.2. The third kappa shape index (κ3) is 3.50. The first kappa shape index (κ1) is 15.3. The molecular formula is C13H7ClFNO4S. The molecule has 0 amide bonds. The summed E-state index contributed by atoms with van der Waals surface area (Å²) in [6, 6.07) is 7.24. The standard InChI is InChI=1S/C13H7ClFNO4S/c14-10-3-2-8(6-9(10)13(17)18)21-12-5-7(15)1-4-11(12)16(19)20/h1-6H,(H,17,18). The van der Waals surface area contributed by atoms with E-state index in [-0.39, 0.29) is 21.2 Å². The number of hydrogen-bond donors (Lipinski definition) is 1. The Labute approximate surface area is 127 Å². The lowest BCUT2D eigenvalue weighted by molar-refractivity contribution is -0.387. The van der Waals surface area contributed by atoms with Gasteiger partial charge in [-0.05, 0) is 30.3 Å². The first-order valence-corrected chi connectivity index (χ1v) is 6.72. The monoisotopic (exact) mass is 327 g/mol. The number of hydrogen-bond acceptors (Lipinski definition) is 4. The zero-order valence-electron chi connectivity index (χ0n) is 10.2. The van der Waals surface area contributed by atoms with Gasteiger partial charge in [-0.3, -0.25) is 10.1 Å². The molecule has 0 bridgehead atoms. The number of rotatable bonds is 4. The zero-order valence-corrected chi connectivity index (χ0v) is 11.8. The van der Waals surface area contributed by atoms with E-state index in [0.717, 1.165) is 30.0 Å². The van der Waals surface area contributed by atoms with Crippen molar-refractivity contribution >= 4 is 35.0 Å². The molecule has 2 aromatic rings. The van der Waals surface area contributed by atoms with E-state index in [1.165, 1.54) is 18.2 Å². The summed E-state index contributed by atoms with van der Waals surface area (Å²) in [5, 5.41) is 19.9. The van der Waals surface area contributed by atoms with Crippen LogP contribution in [0.1, 0.15) is 10.4 Å². The smallest absolute Gasteiger partial charge is 0.337 e. The Hall–Kier alpha value is -2.12. The van der Waals surface area contributed by atoms with Gasteiger partial charge >= 0.3 is 5.97 Å². The van der Waals surface area contributed by atoms with Gasteiger partial charge in [0.05, 0.1) is 20.4 Å². The molecule has 2 aromatic carbocycles. The fourth-order valence-corrected chi connectivity index (χ4v) is 2.76. The van der Waals surface area contributed by atoms with E-state index < -0.39 is 16.7 Å². The van der Waals surface area contributed by atoms with Crippen LogP contribution in [0.15, 0.2) is 46.2 Å². The molecule has 2 rings (SSSR count). The number of carboxylic acid groups (broad SMARTS) is 1. The van der Waals surface area contributed by atoms with Crippen molar-refractivity contribution in [2.24, 2.45) is 0 Å². The van der Waals surface area contributed by atoms with Crippen molar-refractivity contribution in [2.45, 2.75) is 9.79 Å². The average molecular weight is 328 g/mol. The number of benzene rings is 2. The Morgan fingerprint density at radius 2 is 2.00 bits per heavy atom. The van der Waals surface area contributed by atoms with Crippen LogP contribution in [0.2, 0.25) is 5.02 Å². The minimum Gasteiger partial charge on any atom is -0.478 e. The highest BCUT2D eigenvalue weighted by atomic mass is 35.5. The van der Waals surface area contributed by atoms with Gasteiger partial charge < -0.3 is 5.11 Å². The lowest BCUT2D eigenvalue weighted by Crippen LogP contribution is -1.97. The van der Waals surface area contributed by atoms with Crippen LogP contribution in [0.3, 0.4) is 0 Å². The van der Waals surface area contributed by atoms with Gasteiger partial charge in [-0.15, -0.1) is 0 Å². The van der Waals surface area contributed by atoms with E-state index in [2.05, 4.69) is 0 Å². The zero-order chi connectivity index (χ0) is 15.6. The van der Waals surface area contributed by atoms with Crippen molar-refractivity contribution in [3.63, 3.8) is 0 Å². The quantitative estimate of drug-likeness (QED) is 0.671. The summed E-state index contributed by atoms with van der Waals surface area (Å²) in [6.07, 6.45) is 0. The summed E-state index contributed by atoms with van der Waals surface area (Å²) in [4.78, 5) is 21.8. The summed E-state index contributed by atoms with van der Waals surface area (Å²) in [6.45, 7) is 0. The fourth-order valence-electron chi connectivity index (χ4n) is 1.58. The van der Waals surface area contributed by atoms with Crippen molar-refractivity contribution in [1.29, 1.82) is 0 Å². The normalized spacial score (nSPS) is 10.4. The van der Waals surface area contributed by atoms with Crippen LogP contribution in [0.4, 0.5) is 10.1 Å². The molecule has 108 valence electrons. The van der Waals surface area contributed by atoms with Gasteiger partial charge in [0.2, 0.25) is 0 Å². The van der Waals surface area contributed by atoms with Crippen LogP contribution in [0.25, 0.3) is 0 Å². The molecule has 8 heteroatoms. The maximum Gasteiger partial charge on any atom is 0.337 e. The predicted molar refractivity (Wildman–Crippen MR) is 75.6 cm³/mol. The number of carbonyl (C=O) groups is 1. The molecule has 0 radical (unpaired) electrons. The summed E-state index contributed by atoms with van der Waals surface area (Å²) in [5.74, 6) is -1.83. The van der Waals surface area contributed by atoms with Gasteiger partial charge in [-0.2, -0.15) is 0 Å². The van der Waals surface area contributed by atoms with E-state index >= 15 is 0 Å². The van der Waals surface area contributed by atoms with Crippen LogP contribution in [0, 0.1) is 15.9 Å². The molecule has 0 spiro atoms. The van der Waals surface area contributed by atoms with Gasteiger partial charge in [0.1, 0.15) is 5.82 Å². The number of nitro groups is 1. The minimum atomic E-state index is -1.21. The van der Waals surface area contributed by atoms with Crippen LogP contribution in [0.5, 0.6) is 0 Å². The third-order valence-electron chi connectivity index (χ3n) is 2.51. The van der Waals surface area contributed by atoms with Crippen LogP contribution in [-0.2, 0) is 0 Å². The van der Waals surface area contributed by atoms with Crippen molar-refractivity contribution in [1.82, 2.24) is 0 Å². The molecule has 5 nitrogen and oxygen atoms in total. The number of carboxylic acids is 1. The Bertz CT molecular complexity index is 738. The number of aromatic carboxylic acids is 1. The summed E-state index contributed by atoms with van der Waals surface area (Å²) >= 11 is 6.64. The lowest BCUT2D eigenvalue weighted by Gasteiger charge is -2.05. The molecule has 0 fully saturated rings. The van der Waals surface area contributed by atoms with Crippen molar-refractivity contribution in [3.8, 4) is 0 Å². The SMILES string of the molecule is O=C(O)c1cc(Sc2cc(F)ccc2[N+](=O)[O-])ccc1Cl. The van der Waals surface area contributed by atoms with Gasteiger partial charge in [-0.1, -0.05) is 23.4 Å². The second-order valence-electron chi connectivity index (χ2n) is 3.92. The maximum atomic E-state index is 13.2. The number of nitrogens with zero attached hydrogens (tertiary/aromatic N) is 1. The molecular weight excluding hydrogens is 321 g/mol. The molecule has 0 atom stereocenters. The van der Waals surface area contributed by atoms with Gasteiger partial charge in [0.15, 0.2) is 0 Å². The summed E-state index contributed by atoms with van der Waals surface area (Å²) in [7, 11) is 0. The second-order valence-corrected chi connectivity index (χ2v) is 5.44. The second kappa shape index (κ2) is 6.11. The maximum absolute atomic E-state index is 13.2. The molecule has 21 heavy (non-hydrogen) atoms. The Morgan fingerprint density at radius 3 is 2.62 bits per heavy atom. The Morgan fingerprint density at radius 1 is 1.29 bits per heavy atom.